The van der Waals surface area contributed by atoms with Gasteiger partial charge in [0.15, 0.2) is 0 Å². The first-order chi connectivity index (χ1) is 13.1. The highest BCUT2D eigenvalue weighted by Gasteiger charge is 2.07. The van der Waals surface area contributed by atoms with Gasteiger partial charge in [-0.05, 0) is 40.6 Å². The summed E-state index contributed by atoms with van der Waals surface area (Å²) in [5.41, 5.74) is 0.860. The highest BCUT2D eigenvalue weighted by Crippen LogP contribution is 2.28. The Balaban J connectivity index is 1.36. The van der Waals surface area contributed by atoms with Crippen molar-refractivity contribution in [3.8, 4) is 5.75 Å². The van der Waals surface area contributed by atoms with Crippen molar-refractivity contribution in [2.75, 3.05) is 18.9 Å². The molecule has 1 amide bonds. The van der Waals surface area contributed by atoms with Gasteiger partial charge in [0.1, 0.15) is 12.4 Å². The van der Waals surface area contributed by atoms with Crippen molar-refractivity contribution in [3.05, 3.63) is 76.3 Å². The minimum absolute atomic E-state index is 0.0368. The van der Waals surface area contributed by atoms with Crippen molar-refractivity contribution >= 4 is 51.6 Å². The first-order valence-corrected chi connectivity index (χ1v) is 10.4. The fourth-order valence-corrected chi connectivity index (χ4v) is 4.18. The van der Waals surface area contributed by atoms with Gasteiger partial charge in [-0.2, -0.15) is 0 Å². The highest BCUT2D eigenvalue weighted by molar-refractivity contribution is 7.99. The second-order valence-electron chi connectivity index (χ2n) is 5.90. The molecule has 3 aromatic carbocycles. The number of carbonyl (C=O) groups is 1. The first-order valence-electron chi connectivity index (χ1n) is 8.52. The number of carbonyl (C=O) groups excluding carboxylic acids is 1. The monoisotopic (exact) mass is 419 g/mol. The zero-order valence-corrected chi connectivity index (χ0v) is 16.9. The Morgan fingerprint density at radius 1 is 0.963 bits per heavy atom. The minimum atomic E-state index is -0.0368. The molecule has 0 aliphatic rings. The van der Waals surface area contributed by atoms with Crippen LogP contribution in [0, 0.1) is 0 Å². The van der Waals surface area contributed by atoms with Crippen LogP contribution in [0.4, 0.5) is 0 Å². The molecule has 0 aromatic heterocycles. The quantitative estimate of drug-likeness (QED) is 0.484. The number of rotatable bonds is 8. The fourth-order valence-electron chi connectivity index (χ4n) is 2.58. The van der Waals surface area contributed by atoms with E-state index in [-0.39, 0.29) is 5.91 Å². The summed E-state index contributed by atoms with van der Waals surface area (Å²) in [6, 6.07) is 19.5. The smallest absolute Gasteiger partial charge is 0.230 e. The van der Waals surface area contributed by atoms with E-state index >= 15 is 0 Å². The van der Waals surface area contributed by atoms with Gasteiger partial charge in [0.05, 0.1) is 12.3 Å². The Morgan fingerprint density at radius 3 is 2.48 bits per heavy atom. The van der Waals surface area contributed by atoms with Gasteiger partial charge in [0, 0.05) is 15.8 Å². The zero-order chi connectivity index (χ0) is 19.1. The summed E-state index contributed by atoms with van der Waals surface area (Å²) in [4.78, 5) is 11.9. The van der Waals surface area contributed by atoms with E-state index in [2.05, 4.69) is 11.4 Å². The molecule has 0 saturated heterocycles. The Morgan fingerprint density at radius 2 is 1.70 bits per heavy atom. The molecule has 6 heteroatoms. The van der Waals surface area contributed by atoms with Crippen LogP contribution >= 0.6 is 35.0 Å². The molecule has 0 radical (unpaired) electrons. The molecule has 0 fully saturated rings. The summed E-state index contributed by atoms with van der Waals surface area (Å²) < 4.78 is 5.71. The van der Waals surface area contributed by atoms with Gasteiger partial charge in [-0.1, -0.05) is 59.6 Å². The molecular weight excluding hydrogens is 401 g/mol. The van der Waals surface area contributed by atoms with E-state index in [0.717, 1.165) is 16.7 Å². The Kier molecular flexibility index (Phi) is 7.27. The van der Waals surface area contributed by atoms with E-state index in [1.807, 2.05) is 36.4 Å². The van der Waals surface area contributed by atoms with E-state index in [9.17, 15) is 4.79 Å². The average molecular weight is 420 g/mol. The molecule has 0 aliphatic heterocycles. The molecule has 0 heterocycles. The number of fused-ring (bicyclic) bond motifs is 1. The second-order valence-corrected chi connectivity index (χ2v) is 7.70. The molecule has 0 aliphatic carbocycles. The van der Waals surface area contributed by atoms with Crippen LogP contribution in [-0.4, -0.2) is 24.8 Å². The van der Waals surface area contributed by atoms with Gasteiger partial charge in [-0.25, -0.2) is 0 Å². The fraction of sp³-hybridized carbons (Fsp3) is 0.190. The maximum Gasteiger partial charge on any atom is 0.230 e. The third-order valence-corrected chi connectivity index (χ3v) is 5.62. The molecule has 0 atom stereocenters. The summed E-state index contributed by atoms with van der Waals surface area (Å²) in [5, 5.41) is 6.41. The summed E-state index contributed by atoms with van der Waals surface area (Å²) in [5.74, 6) is 1.70. The van der Waals surface area contributed by atoms with E-state index in [1.54, 1.807) is 18.2 Å². The third-order valence-electron chi connectivity index (χ3n) is 3.96. The standard InChI is InChI=1S/C21H19Cl2NO2S/c22-19-6-3-7-20(23)18(19)13-27-14-21(25)24-10-11-26-17-9-8-15-4-1-2-5-16(15)12-17/h1-9,12H,10-11,13-14H2,(H,24,25). The Bertz CT molecular complexity index is 913. The number of hydrogen-bond acceptors (Lipinski definition) is 3. The van der Waals surface area contributed by atoms with Crippen LogP contribution in [0.15, 0.2) is 60.7 Å². The topological polar surface area (TPSA) is 38.3 Å². The summed E-state index contributed by atoms with van der Waals surface area (Å²) >= 11 is 13.7. The molecule has 3 rings (SSSR count). The SMILES string of the molecule is O=C(CSCc1c(Cl)cccc1Cl)NCCOc1ccc2ccccc2c1. The number of ether oxygens (including phenoxy) is 1. The number of nitrogens with one attached hydrogen (secondary N) is 1. The molecule has 27 heavy (non-hydrogen) atoms. The molecule has 0 saturated carbocycles. The minimum Gasteiger partial charge on any atom is -0.492 e. The number of thioether (sulfide) groups is 1. The average Bonchev–Trinajstić information content (AvgIpc) is 2.67. The first kappa shape index (κ1) is 19.9. The molecule has 0 spiro atoms. The van der Waals surface area contributed by atoms with Crippen LogP contribution in [0.25, 0.3) is 10.8 Å². The van der Waals surface area contributed by atoms with Crippen molar-refractivity contribution in [1.29, 1.82) is 0 Å². The number of hydrogen-bond donors (Lipinski definition) is 1. The van der Waals surface area contributed by atoms with Crippen LogP contribution < -0.4 is 10.1 Å². The van der Waals surface area contributed by atoms with E-state index in [4.69, 9.17) is 27.9 Å². The van der Waals surface area contributed by atoms with Crippen molar-refractivity contribution in [2.24, 2.45) is 0 Å². The van der Waals surface area contributed by atoms with Gasteiger partial charge in [-0.3, -0.25) is 4.79 Å². The number of halogens is 2. The van der Waals surface area contributed by atoms with Gasteiger partial charge < -0.3 is 10.1 Å². The normalized spacial score (nSPS) is 10.7. The maximum atomic E-state index is 11.9. The Hall–Kier alpha value is -1.88. The highest BCUT2D eigenvalue weighted by atomic mass is 35.5. The van der Waals surface area contributed by atoms with Crippen LogP contribution in [0.2, 0.25) is 10.0 Å². The number of benzene rings is 3. The molecule has 140 valence electrons. The van der Waals surface area contributed by atoms with Gasteiger partial charge in [0.2, 0.25) is 5.91 Å². The van der Waals surface area contributed by atoms with Gasteiger partial charge in [-0.15, -0.1) is 11.8 Å². The molecule has 3 aromatic rings. The second kappa shape index (κ2) is 9.88. The van der Waals surface area contributed by atoms with E-state index in [0.29, 0.717) is 34.7 Å². The molecule has 0 unspecified atom stereocenters. The predicted octanol–water partition coefficient (Wildman–Crippen LogP) is 5.58. The predicted molar refractivity (Wildman–Crippen MR) is 115 cm³/mol. The molecular formula is C21H19Cl2NO2S. The summed E-state index contributed by atoms with van der Waals surface area (Å²) in [6.45, 7) is 0.879. The lowest BCUT2D eigenvalue weighted by atomic mass is 10.1. The van der Waals surface area contributed by atoms with E-state index in [1.165, 1.54) is 17.1 Å². The summed E-state index contributed by atoms with van der Waals surface area (Å²) in [6.07, 6.45) is 0. The molecule has 0 bridgehead atoms. The van der Waals surface area contributed by atoms with Crippen LogP contribution in [0.5, 0.6) is 5.75 Å². The van der Waals surface area contributed by atoms with Crippen LogP contribution in [0.3, 0.4) is 0 Å². The largest absolute Gasteiger partial charge is 0.492 e. The van der Waals surface area contributed by atoms with Crippen molar-refractivity contribution in [2.45, 2.75) is 5.75 Å². The summed E-state index contributed by atoms with van der Waals surface area (Å²) in [7, 11) is 0. The molecule has 1 N–H and O–H groups in total. The lowest BCUT2D eigenvalue weighted by Gasteiger charge is -2.09. The maximum absolute atomic E-state index is 11.9. The Labute approximate surface area is 173 Å². The van der Waals surface area contributed by atoms with Gasteiger partial charge in [0.25, 0.3) is 0 Å². The van der Waals surface area contributed by atoms with Crippen LogP contribution in [-0.2, 0) is 10.5 Å². The lowest BCUT2D eigenvalue weighted by Crippen LogP contribution is -2.29. The zero-order valence-electron chi connectivity index (χ0n) is 14.6. The molecule has 3 nitrogen and oxygen atoms in total. The number of amides is 1. The lowest BCUT2D eigenvalue weighted by molar-refractivity contribution is -0.118. The van der Waals surface area contributed by atoms with Gasteiger partial charge >= 0.3 is 0 Å². The third kappa shape index (κ3) is 5.80. The van der Waals surface area contributed by atoms with Crippen molar-refractivity contribution in [1.82, 2.24) is 5.32 Å². The van der Waals surface area contributed by atoms with Crippen molar-refractivity contribution < 1.29 is 9.53 Å². The van der Waals surface area contributed by atoms with E-state index < -0.39 is 0 Å². The van der Waals surface area contributed by atoms with Crippen molar-refractivity contribution in [3.63, 3.8) is 0 Å². The van der Waals surface area contributed by atoms with Crippen LogP contribution in [0.1, 0.15) is 5.56 Å².